The maximum absolute atomic E-state index is 12.7. The number of anilines is 1. The van der Waals surface area contributed by atoms with Crippen molar-refractivity contribution < 1.29 is 9.72 Å². The van der Waals surface area contributed by atoms with Crippen LogP contribution in [0.5, 0.6) is 0 Å². The highest BCUT2D eigenvalue weighted by Crippen LogP contribution is 2.33. The molecule has 1 N–H and O–H groups in total. The van der Waals surface area contributed by atoms with Crippen molar-refractivity contribution in [3.05, 3.63) is 70.4 Å². The first-order chi connectivity index (χ1) is 14.0. The summed E-state index contributed by atoms with van der Waals surface area (Å²) in [5, 5.41) is 12.1. The lowest BCUT2D eigenvalue weighted by Gasteiger charge is -2.32. The van der Waals surface area contributed by atoms with Crippen molar-refractivity contribution in [3.63, 3.8) is 0 Å². The number of hydrogen-bond acceptors (Lipinski definition) is 4. The lowest BCUT2D eigenvalue weighted by Crippen LogP contribution is -2.42. The molecular formula is C22H24N4O3. The predicted molar refractivity (Wildman–Crippen MR) is 113 cm³/mol. The molecule has 0 radical (unpaired) electrons. The van der Waals surface area contributed by atoms with Gasteiger partial charge in [0.15, 0.2) is 0 Å². The Morgan fingerprint density at radius 2 is 1.86 bits per heavy atom. The Balaban J connectivity index is 1.34. The Hall–Kier alpha value is -3.19. The monoisotopic (exact) mass is 392 g/mol. The summed E-state index contributed by atoms with van der Waals surface area (Å²) in [6.45, 7) is 2.11. The number of hydrogen-bond donors (Lipinski definition) is 1. The van der Waals surface area contributed by atoms with Gasteiger partial charge in [-0.2, -0.15) is 0 Å². The largest absolute Gasteiger partial charge is 0.361 e. The molecule has 7 nitrogen and oxygen atoms in total. The number of para-hydroxylation sites is 1. The van der Waals surface area contributed by atoms with Crippen molar-refractivity contribution in [1.82, 2.24) is 9.88 Å². The van der Waals surface area contributed by atoms with Gasteiger partial charge in [-0.15, -0.1) is 0 Å². The van der Waals surface area contributed by atoms with E-state index in [1.165, 1.54) is 28.6 Å². The highest BCUT2D eigenvalue weighted by atomic mass is 16.6. The van der Waals surface area contributed by atoms with Crippen LogP contribution in [0.2, 0.25) is 0 Å². The first kappa shape index (κ1) is 19.1. The van der Waals surface area contributed by atoms with Crippen LogP contribution in [0.1, 0.15) is 24.3 Å². The van der Waals surface area contributed by atoms with Gasteiger partial charge < -0.3 is 9.88 Å². The minimum absolute atomic E-state index is 0.00982. The number of likely N-dealkylation sites (tertiary alicyclic amines) is 1. The number of aromatic nitrogens is 1. The van der Waals surface area contributed by atoms with Crippen LogP contribution in [0.25, 0.3) is 10.9 Å². The van der Waals surface area contributed by atoms with Crippen LogP contribution in [0, 0.1) is 10.1 Å². The zero-order valence-electron chi connectivity index (χ0n) is 16.4. The van der Waals surface area contributed by atoms with Gasteiger partial charge in [-0.05, 0) is 55.6 Å². The van der Waals surface area contributed by atoms with E-state index in [9.17, 15) is 14.9 Å². The summed E-state index contributed by atoms with van der Waals surface area (Å²) in [4.78, 5) is 30.1. The standard InChI is InChI=1S/C22H24N4O3/c1-24(17-6-8-18(9-7-17)26(28)29)22(27)15-25-12-10-16(11-13-25)20-14-23-21-5-3-2-4-19(20)21/h2-9,14,16,23H,10-13,15H2,1H3. The summed E-state index contributed by atoms with van der Waals surface area (Å²) in [6, 6.07) is 14.4. The smallest absolute Gasteiger partial charge is 0.269 e. The number of likely N-dealkylation sites (N-methyl/N-ethyl adjacent to an activating group) is 1. The third kappa shape index (κ3) is 4.00. The summed E-state index contributed by atoms with van der Waals surface area (Å²) in [6.07, 6.45) is 4.17. The SMILES string of the molecule is CN(C(=O)CN1CCC(c2c[nH]c3ccccc23)CC1)c1ccc([N+](=O)[O-])cc1. The van der Waals surface area contributed by atoms with Gasteiger partial charge in [0.05, 0.1) is 11.5 Å². The van der Waals surface area contributed by atoms with Gasteiger partial charge in [-0.3, -0.25) is 19.8 Å². The molecule has 0 spiro atoms. The average molecular weight is 392 g/mol. The van der Waals surface area contributed by atoms with Crippen molar-refractivity contribution >= 4 is 28.2 Å². The summed E-state index contributed by atoms with van der Waals surface area (Å²) < 4.78 is 0. The highest BCUT2D eigenvalue weighted by molar-refractivity contribution is 5.94. The zero-order chi connectivity index (χ0) is 20.4. The molecule has 2 aromatic carbocycles. The normalized spacial score (nSPS) is 15.5. The maximum Gasteiger partial charge on any atom is 0.269 e. The number of piperidine rings is 1. The predicted octanol–water partition coefficient (Wildman–Crippen LogP) is 3.92. The molecule has 7 heteroatoms. The third-order valence-electron chi connectivity index (χ3n) is 5.83. The molecule has 150 valence electrons. The van der Waals surface area contributed by atoms with E-state index in [0.29, 0.717) is 18.2 Å². The van der Waals surface area contributed by atoms with Gasteiger partial charge in [-0.1, -0.05) is 18.2 Å². The second kappa shape index (κ2) is 8.05. The molecule has 3 aromatic rings. The fourth-order valence-electron chi connectivity index (χ4n) is 4.07. The average Bonchev–Trinajstić information content (AvgIpc) is 3.18. The van der Waals surface area contributed by atoms with Gasteiger partial charge in [-0.25, -0.2) is 0 Å². The molecule has 0 bridgehead atoms. The molecule has 1 fully saturated rings. The van der Waals surface area contributed by atoms with E-state index in [1.807, 2.05) is 6.07 Å². The molecule has 29 heavy (non-hydrogen) atoms. The molecule has 1 amide bonds. The first-order valence-corrected chi connectivity index (χ1v) is 9.82. The quantitative estimate of drug-likeness (QED) is 0.527. The number of nitrogens with one attached hydrogen (secondary N) is 1. The molecule has 1 saturated heterocycles. The number of nitro groups is 1. The molecular weight excluding hydrogens is 368 g/mol. The summed E-state index contributed by atoms with van der Waals surface area (Å²) in [5.74, 6) is 0.495. The van der Waals surface area contributed by atoms with Crippen molar-refractivity contribution in [2.75, 3.05) is 31.6 Å². The number of carbonyl (C=O) groups excluding carboxylic acids is 1. The lowest BCUT2D eigenvalue weighted by molar-refractivity contribution is -0.384. The molecule has 0 saturated carbocycles. The van der Waals surface area contributed by atoms with Crippen LogP contribution in [-0.4, -0.2) is 47.4 Å². The van der Waals surface area contributed by atoms with Gasteiger partial charge in [0.1, 0.15) is 0 Å². The molecule has 4 rings (SSSR count). The molecule has 0 aliphatic carbocycles. The number of benzene rings is 2. The number of nitrogens with zero attached hydrogens (tertiary/aromatic N) is 3. The minimum atomic E-state index is -0.441. The third-order valence-corrected chi connectivity index (χ3v) is 5.83. The molecule has 0 atom stereocenters. The number of fused-ring (bicyclic) bond motifs is 1. The van der Waals surface area contributed by atoms with Gasteiger partial charge in [0, 0.05) is 42.0 Å². The van der Waals surface area contributed by atoms with E-state index >= 15 is 0 Å². The van der Waals surface area contributed by atoms with E-state index in [-0.39, 0.29) is 11.6 Å². The van der Waals surface area contributed by atoms with Crippen LogP contribution >= 0.6 is 0 Å². The molecule has 2 heterocycles. The van der Waals surface area contributed by atoms with Crippen molar-refractivity contribution in [1.29, 1.82) is 0 Å². The summed E-state index contributed by atoms with van der Waals surface area (Å²) in [7, 11) is 1.71. The molecule has 0 unspecified atom stereocenters. The van der Waals surface area contributed by atoms with E-state index < -0.39 is 4.92 Å². The number of carbonyl (C=O) groups is 1. The van der Waals surface area contributed by atoms with E-state index in [1.54, 1.807) is 24.1 Å². The van der Waals surface area contributed by atoms with Crippen LogP contribution < -0.4 is 4.90 Å². The number of nitro benzene ring substituents is 1. The maximum atomic E-state index is 12.7. The van der Waals surface area contributed by atoms with Crippen LogP contribution in [0.3, 0.4) is 0 Å². The summed E-state index contributed by atoms with van der Waals surface area (Å²) >= 11 is 0. The van der Waals surface area contributed by atoms with Gasteiger partial charge in [0.25, 0.3) is 5.69 Å². The summed E-state index contributed by atoms with van der Waals surface area (Å²) in [5.41, 5.74) is 3.22. The second-order valence-electron chi connectivity index (χ2n) is 7.57. The van der Waals surface area contributed by atoms with Crippen molar-refractivity contribution in [2.24, 2.45) is 0 Å². The zero-order valence-corrected chi connectivity index (χ0v) is 16.4. The Labute approximate surface area is 169 Å². The van der Waals surface area contributed by atoms with E-state index in [0.717, 1.165) is 25.9 Å². The number of rotatable bonds is 5. The van der Waals surface area contributed by atoms with Crippen LogP contribution in [0.15, 0.2) is 54.7 Å². The molecule has 1 aliphatic heterocycles. The minimum Gasteiger partial charge on any atom is -0.361 e. The Kier molecular flexibility index (Phi) is 5.31. The number of amides is 1. The first-order valence-electron chi connectivity index (χ1n) is 9.82. The van der Waals surface area contributed by atoms with Crippen LogP contribution in [0.4, 0.5) is 11.4 Å². The number of non-ortho nitro benzene ring substituents is 1. The van der Waals surface area contributed by atoms with Crippen molar-refractivity contribution in [2.45, 2.75) is 18.8 Å². The Morgan fingerprint density at radius 3 is 2.55 bits per heavy atom. The van der Waals surface area contributed by atoms with E-state index in [4.69, 9.17) is 0 Å². The fourth-order valence-corrected chi connectivity index (χ4v) is 4.07. The van der Waals surface area contributed by atoms with Crippen LogP contribution in [-0.2, 0) is 4.79 Å². The Morgan fingerprint density at radius 1 is 1.17 bits per heavy atom. The highest BCUT2D eigenvalue weighted by Gasteiger charge is 2.25. The number of H-pyrrole nitrogens is 1. The second-order valence-corrected chi connectivity index (χ2v) is 7.57. The molecule has 1 aromatic heterocycles. The lowest BCUT2D eigenvalue weighted by atomic mass is 9.89. The Bertz CT molecular complexity index is 1020. The fraction of sp³-hybridized carbons (Fsp3) is 0.318. The van der Waals surface area contributed by atoms with E-state index in [2.05, 4.69) is 34.3 Å². The van der Waals surface area contributed by atoms with Gasteiger partial charge >= 0.3 is 0 Å². The van der Waals surface area contributed by atoms with Crippen molar-refractivity contribution in [3.8, 4) is 0 Å². The molecule has 1 aliphatic rings. The number of aromatic amines is 1. The van der Waals surface area contributed by atoms with Gasteiger partial charge in [0.2, 0.25) is 5.91 Å². The topological polar surface area (TPSA) is 82.5 Å².